The number of hydrogen-bond donors (Lipinski definition) is 1. The van der Waals surface area contributed by atoms with Gasteiger partial charge in [-0.25, -0.2) is 8.78 Å². The number of hydrogen-bond acceptors (Lipinski definition) is 1. The number of alkyl halides is 2. The average Bonchev–Trinajstić information content (AvgIpc) is 2.37. The van der Waals surface area contributed by atoms with Gasteiger partial charge in [0.2, 0.25) is 0 Å². The summed E-state index contributed by atoms with van der Waals surface area (Å²) in [6, 6.07) is 12.5. The van der Waals surface area contributed by atoms with Crippen LogP contribution in [0.1, 0.15) is 23.6 Å². The minimum atomic E-state index is -2.81. The normalized spacial score (nSPS) is 11.6. The summed E-state index contributed by atoms with van der Waals surface area (Å²) in [6.45, 7) is 3.19. The molecule has 0 fully saturated rings. The molecule has 0 saturated heterocycles. The monoisotopic (exact) mass is 261 g/mol. The second kappa shape index (κ2) is 5.10. The van der Waals surface area contributed by atoms with E-state index in [1.807, 2.05) is 31.2 Å². The number of aryl methyl sites for hydroxylation is 1. The Morgan fingerprint density at radius 3 is 2.32 bits per heavy atom. The average molecular weight is 261 g/mol. The van der Waals surface area contributed by atoms with Gasteiger partial charge in [-0.2, -0.15) is 0 Å². The molecular weight excluding hydrogens is 244 g/mol. The van der Waals surface area contributed by atoms with Gasteiger partial charge in [0.15, 0.2) is 0 Å². The highest BCUT2D eigenvalue weighted by Crippen LogP contribution is 2.32. The van der Waals surface area contributed by atoms with E-state index in [1.165, 1.54) is 6.07 Å². The first-order valence-corrected chi connectivity index (χ1v) is 6.21. The highest BCUT2D eigenvalue weighted by atomic mass is 19.3. The lowest BCUT2D eigenvalue weighted by atomic mass is 9.93. The van der Waals surface area contributed by atoms with Crippen molar-refractivity contribution < 1.29 is 8.78 Å². The molecule has 0 saturated carbocycles. The minimum absolute atomic E-state index is 0.0407. The van der Waals surface area contributed by atoms with Crippen molar-refractivity contribution in [3.8, 4) is 11.1 Å². The largest absolute Gasteiger partial charge is 0.326 e. The molecule has 0 spiro atoms. The fraction of sp³-hybridized carbons (Fsp3) is 0.250. The number of nitrogens with two attached hydrogens (primary N) is 1. The summed E-state index contributed by atoms with van der Waals surface area (Å²) < 4.78 is 26.6. The number of rotatable bonds is 3. The summed E-state index contributed by atoms with van der Waals surface area (Å²) in [5.74, 6) is -2.81. The van der Waals surface area contributed by atoms with Crippen LogP contribution in [0.3, 0.4) is 0 Å². The van der Waals surface area contributed by atoms with E-state index in [1.54, 1.807) is 12.1 Å². The Kier molecular flexibility index (Phi) is 3.67. The molecule has 2 aromatic carbocycles. The van der Waals surface area contributed by atoms with E-state index in [0.29, 0.717) is 6.54 Å². The van der Waals surface area contributed by atoms with Gasteiger partial charge in [-0.1, -0.05) is 36.4 Å². The van der Waals surface area contributed by atoms with Crippen LogP contribution in [0.15, 0.2) is 42.5 Å². The number of halogens is 2. The molecule has 0 atom stereocenters. The molecule has 0 aliphatic heterocycles. The first-order chi connectivity index (χ1) is 8.93. The lowest BCUT2D eigenvalue weighted by Crippen LogP contribution is -2.07. The fourth-order valence-electron chi connectivity index (χ4n) is 2.20. The fourth-order valence-corrected chi connectivity index (χ4v) is 2.20. The van der Waals surface area contributed by atoms with Crippen LogP contribution >= 0.6 is 0 Å². The summed E-state index contributed by atoms with van der Waals surface area (Å²) in [5.41, 5.74) is 9.57. The first-order valence-electron chi connectivity index (χ1n) is 6.21. The zero-order valence-corrected chi connectivity index (χ0v) is 11.1. The first kappa shape index (κ1) is 13.7. The van der Waals surface area contributed by atoms with Gasteiger partial charge in [-0.05, 0) is 35.2 Å². The van der Waals surface area contributed by atoms with Crippen molar-refractivity contribution >= 4 is 0 Å². The van der Waals surface area contributed by atoms with Crippen molar-refractivity contribution in [2.24, 2.45) is 5.73 Å². The van der Waals surface area contributed by atoms with Crippen molar-refractivity contribution in [3.05, 3.63) is 59.2 Å². The van der Waals surface area contributed by atoms with Crippen LogP contribution in [0.5, 0.6) is 0 Å². The van der Waals surface area contributed by atoms with E-state index in [2.05, 4.69) is 0 Å². The highest BCUT2D eigenvalue weighted by molar-refractivity contribution is 5.71. The Morgan fingerprint density at radius 2 is 1.74 bits per heavy atom. The molecule has 2 aromatic rings. The van der Waals surface area contributed by atoms with Crippen LogP contribution in [-0.4, -0.2) is 0 Å². The molecule has 19 heavy (non-hydrogen) atoms. The number of benzene rings is 2. The van der Waals surface area contributed by atoms with Gasteiger partial charge in [-0.15, -0.1) is 0 Å². The third-order valence-electron chi connectivity index (χ3n) is 3.26. The van der Waals surface area contributed by atoms with Gasteiger partial charge in [0.25, 0.3) is 5.92 Å². The van der Waals surface area contributed by atoms with E-state index in [4.69, 9.17) is 5.73 Å². The molecule has 100 valence electrons. The van der Waals surface area contributed by atoms with Crippen molar-refractivity contribution in [2.45, 2.75) is 26.3 Å². The third kappa shape index (κ3) is 2.82. The van der Waals surface area contributed by atoms with E-state index in [-0.39, 0.29) is 5.56 Å². The lowest BCUT2D eigenvalue weighted by molar-refractivity contribution is 0.0174. The highest BCUT2D eigenvalue weighted by Gasteiger charge is 2.24. The summed E-state index contributed by atoms with van der Waals surface area (Å²) in [7, 11) is 0. The van der Waals surface area contributed by atoms with Crippen LogP contribution in [0, 0.1) is 6.92 Å². The summed E-state index contributed by atoms with van der Waals surface area (Å²) >= 11 is 0. The SMILES string of the molecule is Cc1cc(C(C)(F)F)ccc1-c1ccccc1CN. The Balaban J connectivity index is 2.53. The van der Waals surface area contributed by atoms with E-state index in [0.717, 1.165) is 29.2 Å². The van der Waals surface area contributed by atoms with E-state index >= 15 is 0 Å². The van der Waals surface area contributed by atoms with Crippen LogP contribution in [0.4, 0.5) is 8.78 Å². The van der Waals surface area contributed by atoms with Crippen LogP contribution in [-0.2, 0) is 12.5 Å². The van der Waals surface area contributed by atoms with E-state index in [9.17, 15) is 8.78 Å². The molecule has 1 nitrogen and oxygen atoms in total. The van der Waals surface area contributed by atoms with Crippen molar-refractivity contribution in [1.82, 2.24) is 0 Å². The van der Waals surface area contributed by atoms with Gasteiger partial charge < -0.3 is 5.73 Å². The van der Waals surface area contributed by atoms with Crippen molar-refractivity contribution in [3.63, 3.8) is 0 Å². The van der Waals surface area contributed by atoms with Gasteiger partial charge in [0.05, 0.1) is 0 Å². The Labute approximate surface area is 112 Å². The summed E-state index contributed by atoms with van der Waals surface area (Å²) in [5, 5.41) is 0. The van der Waals surface area contributed by atoms with Gasteiger partial charge >= 0.3 is 0 Å². The second-order valence-corrected chi connectivity index (χ2v) is 4.78. The predicted octanol–water partition coefficient (Wildman–Crippen LogP) is 4.23. The molecule has 2 rings (SSSR count). The van der Waals surface area contributed by atoms with Crippen LogP contribution < -0.4 is 5.73 Å². The molecule has 0 aromatic heterocycles. The zero-order valence-electron chi connectivity index (χ0n) is 11.1. The predicted molar refractivity (Wildman–Crippen MR) is 74.1 cm³/mol. The van der Waals surface area contributed by atoms with Gasteiger partial charge in [-0.3, -0.25) is 0 Å². The lowest BCUT2D eigenvalue weighted by Gasteiger charge is -2.15. The molecular formula is C16H17F2N. The van der Waals surface area contributed by atoms with Crippen molar-refractivity contribution in [1.29, 1.82) is 0 Å². The molecule has 0 amide bonds. The molecule has 0 aliphatic rings. The van der Waals surface area contributed by atoms with Crippen LogP contribution in [0.2, 0.25) is 0 Å². The third-order valence-corrected chi connectivity index (χ3v) is 3.26. The van der Waals surface area contributed by atoms with Gasteiger partial charge in [0.1, 0.15) is 0 Å². The maximum Gasteiger partial charge on any atom is 0.270 e. The molecule has 3 heteroatoms. The Hall–Kier alpha value is -1.74. The maximum atomic E-state index is 13.3. The molecule has 2 N–H and O–H groups in total. The Bertz CT molecular complexity index is 586. The smallest absolute Gasteiger partial charge is 0.270 e. The van der Waals surface area contributed by atoms with Gasteiger partial charge in [0, 0.05) is 19.0 Å². The maximum absolute atomic E-state index is 13.3. The molecule has 0 aliphatic carbocycles. The quantitative estimate of drug-likeness (QED) is 0.879. The summed E-state index contributed by atoms with van der Waals surface area (Å²) in [6.07, 6.45) is 0. The van der Waals surface area contributed by atoms with E-state index < -0.39 is 5.92 Å². The van der Waals surface area contributed by atoms with Crippen molar-refractivity contribution in [2.75, 3.05) is 0 Å². The second-order valence-electron chi connectivity index (χ2n) is 4.78. The topological polar surface area (TPSA) is 26.0 Å². The standard InChI is InChI=1S/C16H17F2N/c1-11-9-13(16(2,17)18)7-8-14(11)15-6-4-3-5-12(15)10-19/h3-9H,10,19H2,1-2H3. The molecule has 0 radical (unpaired) electrons. The summed E-state index contributed by atoms with van der Waals surface area (Å²) in [4.78, 5) is 0. The van der Waals surface area contributed by atoms with Crippen LogP contribution in [0.25, 0.3) is 11.1 Å². The molecule has 0 bridgehead atoms. The molecule has 0 heterocycles. The molecule has 0 unspecified atom stereocenters. The Morgan fingerprint density at radius 1 is 1.05 bits per heavy atom. The zero-order chi connectivity index (χ0) is 14.0. The minimum Gasteiger partial charge on any atom is -0.326 e.